The molecule has 2 atom stereocenters. The first kappa shape index (κ1) is 16.2. The largest absolute Gasteiger partial charge is 0.399 e. The lowest BCUT2D eigenvalue weighted by Crippen LogP contribution is -2.00. The van der Waals surface area contributed by atoms with Gasteiger partial charge in [-0.1, -0.05) is 43.5 Å². The van der Waals surface area contributed by atoms with Crippen molar-refractivity contribution in [2.75, 3.05) is 7.11 Å². The van der Waals surface area contributed by atoms with Gasteiger partial charge in [-0.15, -0.1) is 0 Å². The summed E-state index contributed by atoms with van der Waals surface area (Å²) in [4.78, 5) is 4.68. The molecule has 0 rings (SSSR count). The fourth-order valence-electron chi connectivity index (χ4n) is 1.83. The monoisotopic (exact) mass is 239 g/mol. The van der Waals surface area contributed by atoms with Gasteiger partial charge in [-0.25, -0.2) is 0 Å². The summed E-state index contributed by atoms with van der Waals surface area (Å²) in [6.07, 6.45) is 10.6. The molecule has 2 nitrogen and oxygen atoms in total. The van der Waals surface area contributed by atoms with Crippen LogP contribution in [0, 0.1) is 11.8 Å². The zero-order valence-corrected chi connectivity index (χ0v) is 12.2. The highest BCUT2D eigenvalue weighted by molar-refractivity contribution is 5.59. The van der Waals surface area contributed by atoms with E-state index in [-0.39, 0.29) is 0 Å². The number of oxime groups is 1. The Morgan fingerprint density at radius 3 is 2.47 bits per heavy atom. The Morgan fingerprint density at radius 1 is 1.18 bits per heavy atom. The predicted octanol–water partition coefficient (Wildman–Crippen LogP) is 4.81. The van der Waals surface area contributed by atoms with Crippen LogP contribution in [0.5, 0.6) is 0 Å². The van der Waals surface area contributed by atoms with Crippen LogP contribution in [0.15, 0.2) is 16.8 Å². The van der Waals surface area contributed by atoms with Gasteiger partial charge in [-0.2, -0.15) is 0 Å². The second-order valence-corrected chi connectivity index (χ2v) is 5.31. The summed E-state index contributed by atoms with van der Waals surface area (Å²) in [5.74, 6) is 1.36. The summed E-state index contributed by atoms with van der Waals surface area (Å²) in [6.45, 7) is 8.88. The molecule has 0 radical (unpaired) electrons. The molecule has 0 heterocycles. The van der Waals surface area contributed by atoms with Gasteiger partial charge >= 0.3 is 0 Å². The van der Waals surface area contributed by atoms with E-state index in [0.717, 1.165) is 5.92 Å². The Labute approximate surface area is 107 Å². The summed E-state index contributed by atoms with van der Waals surface area (Å²) in [6, 6.07) is 0. The van der Waals surface area contributed by atoms with E-state index in [2.05, 4.69) is 43.8 Å². The molecule has 0 amide bonds. The van der Waals surface area contributed by atoms with Crippen molar-refractivity contribution >= 4 is 6.21 Å². The molecule has 0 aliphatic heterocycles. The van der Waals surface area contributed by atoms with Crippen molar-refractivity contribution < 1.29 is 4.84 Å². The lowest BCUT2D eigenvalue weighted by atomic mass is 9.95. The maximum Gasteiger partial charge on any atom is 0.106 e. The summed E-state index contributed by atoms with van der Waals surface area (Å²) in [5, 5.41) is 3.81. The van der Waals surface area contributed by atoms with Crippen molar-refractivity contribution in [1.82, 2.24) is 0 Å². The van der Waals surface area contributed by atoms with Gasteiger partial charge in [0, 0.05) is 6.21 Å². The minimum absolute atomic E-state index is 0.528. The van der Waals surface area contributed by atoms with Gasteiger partial charge in [-0.05, 0) is 44.9 Å². The Hall–Kier alpha value is -0.790. The molecule has 0 aromatic carbocycles. The van der Waals surface area contributed by atoms with Gasteiger partial charge in [0.15, 0.2) is 0 Å². The highest BCUT2D eigenvalue weighted by Gasteiger charge is 2.03. The average molecular weight is 239 g/mol. The van der Waals surface area contributed by atoms with Gasteiger partial charge < -0.3 is 4.84 Å². The highest BCUT2D eigenvalue weighted by atomic mass is 16.6. The first-order valence-corrected chi connectivity index (χ1v) is 6.76. The van der Waals surface area contributed by atoms with E-state index in [1.165, 1.54) is 37.7 Å². The molecule has 100 valence electrons. The van der Waals surface area contributed by atoms with Crippen molar-refractivity contribution in [3.05, 3.63) is 11.6 Å². The maximum atomic E-state index is 4.68. The fourth-order valence-corrected chi connectivity index (χ4v) is 1.83. The summed E-state index contributed by atoms with van der Waals surface area (Å²) in [5.41, 5.74) is 1.43. The SMILES string of the molecule is CON=CC(C)CCCC(C)CCC=C(C)C. The minimum atomic E-state index is 0.528. The number of hydrogen-bond acceptors (Lipinski definition) is 2. The Bertz CT molecular complexity index is 229. The van der Waals surface area contributed by atoms with E-state index in [0.29, 0.717) is 5.92 Å². The topological polar surface area (TPSA) is 21.6 Å². The molecule has 0 saturated carbocycles. The quantitative estimate of drug-likeness (QED) is 0.321. The standard InChI is InChI=1S/C15H29NO/c1-13(2)8-6-9-14(3)10-7-11-15(4)12-16-17-5/h8,12,14-15H,6-7,9-11H2,1-5H3. The molecule has 0 N–H and O–H groups in total. The van der Waals surface area contributed by atoms with Gasteiger partial charge in [-0.3, -0.25) is 0 Å². The molecule has 0 aliphatic carbocycles. The molecule has 0 aromatic heterocycles. The predicted molar refractivity (Wildman–Crippen MR) is 76.3 cm³/mol. The molecule has 17 heavy (non-hydrogen) atoms. The van der Waals surface area contributed by atoms with Crippen LogP contribution in [-0.2, 0) is 4.84 Å². The van der Waals surface area contributed by atoms with Crippen LogP contribution in [0.1, 0.15) is 59.8 Å². The fraction of sp³-hybridized carbons (Fsp3) is 0.800. The van der Waals surface area contributed by atoms with E-state index in [1.807, 2.05) is 6.21 Å². The number of allylic oxidation sites excluding steroid dienone is 2. The minimum Gasteiger partial charge on any atom is -0.399 e. The van der Waals surface area contributed by atoms with Crippen LogP contribution >= 0.6 is 0 Å². The van der Waals surface area contributed by atoms with Gasteiger partial charge in [0.2, 0.25) is 0 Å². The van der Waals surface area contributed by atoms with Crippen LogP contribution in [0.2, 0.25) is 0 Å². The van der Waals surface area contributed by atoms with E-state index < -0.39 is 0 Å². The van der Waals surface area contributed by atoms with Crippen molar-refractivity contribution in [2.45, 2.75) is 59.8 Å². The zero-order chi connectivity index (χ0) is 13.1. The van der Waals surface area contributed by atoms with E-state index in [4.69, 9.17) is 0 Å². The zero-order valence-electron chi connectivity index (χ0n) is 12.2. The Kier molecular flexibility index (Phi) is 9.89. The number of nitrogens with zero attached hydrogens (tertiary/aromatic N) is 1. The first-order chi connectivity index (χ1) is 8.06. The average Bonchev–Trinajstić information content (AvgIpc) is 2.25. The molecule has 2 heteroatoms. The third-order valence-corrected chi connectivity index (χ3v) is 2.99. The summed E-state index contributed by atoms with van der Waals surface area (Å²) >= 11 is 0. The van der Waals surface area contributed by atoms with Crippen molar-refractivity contribution in [3.8, 4) is 0 Å². The third kappa shape index (κ3) is 11.5. The summed E-state index contributed by atoms with van der Waals surface area (Å²) in [7, 11) is 1.59. The van der Waals surface area contributed by atoms with Gasteiger partial charge in [0.05, 0.1) is 0 Å². The smallest absolute Gasteiger partial charge is 0.106 e. The van der Waals surface area contributed by atoms with Crippen molar-refractivity contribution in [1.29, 1.82) is 0 Å². The van der Waals surface area contributed by atoms with Gasteiger partial charge in [0.25, 0.3) is 0 Å². The van der Waals surface area contributed by atoms with E-state index in [1.54, 1.807) is 7.11 Å². The van der Waals surface area contributed by atoms with Crippen LogP contribution < -0.4 is 0 Å². The van der Waals surface area contributed by atoms with Crippen LogP contribution in [0.25, 0.3) is 0 Å². The number of rotatable bonds is 9. The van der Waals surface area contributed by atoms with Crippen LogP contribution in [-0.4, -0.2) is 13.3 Å². The van der Waals surface area contributed by atoms with Crippen molar-refractivity contribution in [3.63, 3.8) is 0 Å². The second kappa shape index (κ2) is 10.4. The van der Waals surface area contributed by atoms with Gasteiger partial charge in [0.1, 0.15) is 7.11 Å². The second-order valence-electron chi connectivity index (χ2n) is 5.31. The Morgan fingerprint density at radius 2 is 1.88 bits per heavy atom. The number of hydrogen-bond donors (Lipinski definition) is 0. The summed E-state index contributed by atoms with van der Waals surface area (Å²) < 4.78 is 0. The lowest BCUT2D eigenvalue weighted by molar-refractivity contribution is 0.213. The molecular formula is C15H29NO. The normalized spacial score (nSPS) is 14.6. The molecule has 0 saturated heterocycles. The molecule has 0 bridgehead atoms. The van der Waals surface area contributed by atoms with Crippen molar-refractivity contribution in [2.24, 2.45) is 17.0 Å². The molecular weight excluding hydrogens is 210 g/mol. The van der Waals surface area contributed by atoms with E-state index in [9.17, 15) is 0 Å². The molecule has 0 aromatic rings. The van der Waals surface area contributed by atoms with E-state index >= 15 is 0 Å². The first-order valence-electron chi connectivity index (χ1n) is 6.76. The lowest BCUT2D eigenvalue weighted by Gasteiger charge is -2.11. The Balaban J connectivity index is 3.53. The molecule has 0 fully saturated rings. The molecule has 0 aliphatic rings. The highest BCUT2D eigenvalue weighted by Crippen LogP contribution is 2.17. The van der Waals surface area contributed by atoms with Crippen LogP contribution in [0.3, 0.4) is 0 Å². The molecule has 2 unspecified atom stereocenters. The third-order valence-electron chi connectivity index (χ3n) is 2.99. The van der Waals surface area contributed by atoms with Crippen LogP contribution in [0.4, 0.5) is 0 Å². The maximum absolute atomic E-state index is 4.68. The molecule has 0 spiro atoms.